The van der Waals surface area contributed by atoms with Crippen molar-refractivity contribution in [1.82, 2.24) is 14.8 Å². The first-order valence-corrected chi connectivity index (χ1v) is 13.8. The largest absolute Gasteiger partial charge is 0.487 e. The van der Waals surface area contributed by atoms with Gasteiger partial charge in [0.15, 0.2) is 5.13 Å². The first-order valence-electron chi connectivity index (χ1n) is 11.4. The summed E-state index contributed by atoms with van der Waals surface area (Å²) in [4.78, 5) is 3.90. The van der Waals surface area contributed by atoms with Crippen LogP contribution in [0.25, 0.3) is 11.3 Å². The molecule has 1 N–H and O–H groups in total. The van der Waals surface area contributed by atoms with Crippen molar-refractivity contribution in [3.8, 4) is 22.8 Å². The molecule has 1 aliphatic rings. The molecule has 200 valence electrons. The van der Waals surface area contributed by atoms with E-state index in [2.05, 4.69) is 14.8 Å². The number of fused-ring (bicyclic) bond motifs is 1. The molecule has 0 saturated carbocycles. The highest BCUT2D eigenvalue weighted by Gasteiger charge is 2.37. The summed E-state index contributed by atoms with van der Waals surface area (Å²) in [5, 5.41) is 5.99. The Balaban J connectivity index is 1.55. The van der Waals surface area contributed by atoms with Gasteiger partial charge in [-0.25, -0.2) is 13.4 Å². The Morgan fingerprint density at radius 1 is 1.16 bits per heavy atom. The van der Waals surface area contributed by atoms with Crippen molar-refractivity contribution in [1.29, 1.82) is 0 Å². The van der Waals surface area contributed by atoms with E-state index in [0.717, 1.165) is 23.5 Å². The summed E-state index contributed by atoms with van der Waals surface area (Å²) >= 11 is 1.14. The highest BCUT2D eigenvalue weighted by molar-refractivity contribution is 7.93. The molecule has 8 nitrogen and oxygen atoms in total. The Labute approximate surface area is 221 Å². The van der Waals surface area contributed by atoms with E-state index in [9.17, 15) is 21.6 Å². The fraction of sp³-hybridized carbons (Fsp3) is 0.280. The molecule has 0 fully saturated rings. The van der Waals surface area contributed by atoms with Gasteiger partial charge >= 0.3 is 6.18 Å². The molecule has 13 heteroatoms. The zero-order valence-electron chi connectivity index (χ0n) is 20.5. The molecule has 4 aromatic rings. The van der Waals surface area contributed by atoms with Crippen molar-refractivity contribution in [2.75, 3.05) is 4.72 Å². The van der Waals surface area contributed by atoms with Crippen LogP contribution in [0.1, 0.15) is 37.5 Å². The number of benzene rings is 2. The lowest BCUT2D eigenvalue weighted by Crippen LogP contribution is -2.36. The first kappa shape index (κ1) is 26.0. The van der Waals surface area contributed by atoms with E-state index in [1.807, 2.05) is 0 Å². The van der Waals surface area contributed by atoms with Crippen LogP contribution in [0.15, 0.2) is 65.1 Å². The second-order valence-corrected chi connectivity index (χ2v) is 11.9. The lowest BCUT2D eigenvalue weighted by atomic mass is 9.91. The molecule has 2 aromatic carbocycles. The molecule has 1 atom stereocenters. The van der Waals surface area contributed by atoms with Gasteiger partial charge in [0.25, 0.3) is 10.0 Å². The van der Waals surface area contributed by atoms with Gasteiger partial charge in [0.05, 0.1) is 16.2 Å². The van der Waals surface area contributed by atoms with Crippen molar-refractivity contribution < 1.29 is 31.1 Å². The number of aryl methyl sites for hydroxylation is 1. The number of thiazole rings is 1. The van der Waals surface area contributed by atoms with E-state index in [4.69, 9.17) is 9.47 Å². The summed E-state index contributed by atoms with van der Waals surface area (Å²) in [6.45, 7) is 3.60. The normalized spacial score (nSPS) is 16.9. The van der Waals surface area contributed by atoms with Crippen LogP contribution in [-0.2, 0) is 23.2 Å². The molecule has 0 aliphatic carbocycles. The minimum atomic E-state index is -4.57. The van der Waals surface area contributed by atoms with Gasteiger partial charge in [-0.05, 0) is 44.2 Å². The zero-order valence-corrected chi connectivity index (χ0v) is 22.1. The highest BCUT2D eigenvalue weighted by atomic mass is 32.2. The number of hydrogen-bond acceptors (Lipinski definition) is 7. The van der Waals surface area contributed by atoms with Gasteiger partial charge < -0.3 is 9.47 Å². The molecule has 2 aromatic heterocycles. The van der Waals surface area contributed by atoms with Crippen LogP contribution in [0, 0.1) is 0 Å². The lowest BCUT2D eigenvalue weighted by Gasteiger charge is -2.38. The van der Waals surface area contributed by atoms with E-state index in [0.29, 0.717) is 23.2 Å². The summed E-state index contributed by atoms with van der Waals surface area (Å²) in [6, 6.07) is 9.37. The summed E-state index contributed by atoms with van der Waals surface area (Å²) < 4.78 is 82.9. The van der Waals surface area contributed by atoms with Crippen LogP contribution in [0.5, 0.6) is 11.5 Å². The molecule has 38 heavy (non-hydrogen) atoms. The maximum atomic E-state index is 13.6. The monoisotopic (exact) mass is 564 g/mol. The highest BCUT2D eigenvalue weighted by Crippen LogP contribution is 2.45. The number of nitrogens with one attached hydrogen (secondary N) is 1. The number of ether oxygens (including phenoxy) is 2. The van der Waals surface area contributed by atoms with Crippen LogP contribution < -0.4 is 14.2 Å². The minimum absolute atomic E-state index is 0.0270. The molecule has 0 saturated heterocycles. The van der Waals surface area contributed by atoms with Crippen molar-refractivity contribution in [2.45, 2.75) is 43.0 Å². The third kappa shape index (κ3) is 5.20. The van der Waals surface area contributed by atoms with Gasteiger partial charge in [0.2, 0.25) is 0 Å². The fourth-order valence-electron chi connectivity index (χ4n) is 4.28. The quantitative estimate of drug-likeness (QED) is 0.307. The van der Waals surface area contributed by atoms with Crippen molar-refractivity contribution in [3.63, 3.8) is 0 Å². The Bertz CT molecular complexity index is 1580. The number of alkyl halides is 3. The average Bonchev–Trinajstić information content (AvgIpc) is 3.48. The summed E-state index contributed by atoms with van der Waals surface area (Å²) in [5.74, 6) is 0.293. The molecular weight excluding hydrogens is 541 g/mol. The maximum absolute atomic E-state index is 13.6. The summed E-state index contributed by atoms with van der Waals surface area (Å²) in [5.41, 5.74) is -0.104. The van der Waals surface area contributed by atoms with Crippen LogP contribution in [0.4, 0.5) is 18.3 Å². The molecule has 0 spiro atoms. The predicted octanol–water partition coefficient (Wildman–Crippen LogP) is 6.04. The van der Waals surface area contributed by atoms with Crippen LogP contribution >= 0.6 is 11.3 Å². The van der Waals surface area contributed by atoms with E-state index < -0.39 is 33.5 Å². The van der Waals surface area contributed by atoms with Crippen molar-refractivity contribution in [2.24, 2.45) is 7.05 Å². The second-order valence-electron chi connectivity index (χ2n) is 9.36. The van der Waals surface area contributed by atoms with E-state index in [1.165, 1.54) is 24.4 Å². The third-order valence-electron chi connectivity index (χ3n) is 6.03. The number of hydrogen-bond donors (Lipinski definition) is 1. The third-order valence-corrected chi connectivity index (χ3v) is 8.19. The molecule has 0 amide bonds. The van der Waals surface area contributed by atoms with Gasteiger partial charge in [-0.15, -0.1) is 11.3 Å². The topological polar surface area (TPSA) is 95.3 Å². The standard InChI is InChI=1S/C25H23F3N4O4S2/c1-24(2)14-22(18-7-5-16(13-21(18)36-24)38(33,34)31-23-29-10-11-37-23)35-20-12-15(25(26,27)28)4-6-17(20)19-8-9-30-32(19)3/h4-13,22H,14H2,1-3H3,(H,29,31)/t22-/m1/s1. The van der Waals surface area contributed by atoms with E-state index in [1.54, 1.807) is 49.3 Å². The zero-order chi connectivity index (χ0) is 27.3. The smallest absolute Gasteiger partial charge is 0.416 e. The van der Waals surface area contributed by atoms with Gasteiger partial charge in [-0.3, -0.25) is 9.40 Å². The molecule has 0 radical (unpaired) electrons. The number of nitrogens with zero attached hydrogens (tertiary/aromatic N) is 3. The van der Waals surface area contributed by atoms with Crippen molar-refractivity contribution in [3.05, 3.63) is 71.4 Å². The average molecular weight is 565 g/mol. The van der Waals surface area contributed by atoms with Gasteiger partial charge in [0, 0.05) is 48.4 Å². The Morgan fingerprint density at radius 2 is 1.95 bits per heavy atom. The van der Waals surface area contributed by atoms with Gasteiger partial charge in [-0.1, -0.05) is 6.07 Å². The molecular formula is C25H23F3N4O4S2. The summed E-state index contributed by atoms with van der Waals surface area (Å²) in [7, 11) is -2.27. The molecule has 3 heterocycles. The van der Waals surface area contributed by atoms with Crippen LogP contribution in [0.2, 0.25) is 0 Å². The number of halogens is 3. The fourth-order valence-corrected chi connectivity index (χ4v) is 6.09. The van der Waals surface area contributed by atoms with Gasteiger partial charge in [-0.2, -0.15) is 18.3 Å². The van der Waals surface area contributed by atoms with Crippen LogP contribution in [-0.4, -0.2) is 28.8 Å². The Morgan fingerprint density at radius 3 is 2.61 bits per heavy atom. The molecule has 0 bridgehead atoms. The van der Waals surface area contributed by atoms with E-state index in [-0.39, 0.29) is 21.5 Å². The maximum Gasteiger partial charge on any atom is 0.416 e. The number of sulfonamides is 1. The SMILES string of the molecule is Cn1nccc1-c1ccc(C(F)(F)F)cc1O[C@@H]1CC(C)(C)Oc2cc(S(=O)(=O)Nc3nccs3)ccc21. The number of aromatic nitrogens is 3. The number of anilines is 1. The second kappa shape index (κ2) is 9.31. The Hall–Kier alpha value is -3.58. The molecule has 5 rings (SSSR count). The van der Waals surface area contributed by atoms with E-state index >= 15 is 0 Å². The Kier molecular flexibility index (Phi) is 6.38. The predicted molar refractivity (Wildman–Crippen MR) is 136 cm³/mol. The molecule has 0 unspecified atom stereocenters. The van der Waals surface area contributed by atoms with Crippen LogP contribution in [0.3, 0.4) is 0 Å². The molecule has 1 aliphatic heterocycles. The lowest BCUT2D eigenvalue weighted by molar-refractivity contribution is -0.137. The summed E-state index contributed by atoms with van der Waals surface area (Å²) in [6.07, 6.45) is -1.94. The first-order chi connectivity index (χ1) is 17.8. The number of rotatable bonds is 6. The van der Waals surface area contributed by atoms with Gasteiger partial charge in [0.1, 0.15) is 23.2 Å². The van der Waals surface area contributed by atoms with Crippen molar-refractivity contribution >= 4 is 26.5 Å². The minimum Gasteiger partial charge on any atom is -0.487 e.